The molecule has 0 radical (unpaired) electrons. The quantitative estimate of drug-likeness (QED) is 0.805. The smallest absolute Gasteiger partial charge is 0.169 e. The zero-order chi connectivity index (χ0) is 12.8. The molecule has 100 valence electrons. The highest BCUT2D eigenvalue weighted by Gasteiger charge is 2.21. The van der Waals surface area contributed by atoms with Crippen molar-refractivity contribution in [2.24, 2.45) is 5.73 Å². The van der Waals surface area contributed by atoms with E-state index in [0.717, 1.165) is 24.4 Å². The Bertz CT molecular complexity index is 370. The number of nitrogens with one attached hydrogen (secondary N) is 1. The van der Waals surface area contributed by atoms with E-state index < -0.39 is 0 Å². The number of pyridine rings is 1. The molecule has 0 aliphatic heterocycles. The molecule has 2 unspecified atom stereocenters. The second-order valence-electron chi connectivity index (χ2n) is 4.84. The third-order valence-electron chi connectivity index (χ3n) is 3.46. The fraction of sp³-hybridized carbons (Fsp3) is 0.643. The molecule has 18 heavy (non-hydrogen) atoms. The molecule has 1 aromatic heterocycles. The summed E-state index contributed by atoms with van der Waals surface area (Å²) >= 11 is 0. The van der Waals surface area contributed by atoms with E-state index in [2.05, 4.69) is 10.3 Å². The van der Waals surface area contributed by atoms with Crippen molar-refractivity contribution in [1.29, 1.82) is 0 Å². The van der Waals surface area contributed by atoms with Crippen LogP contribution in [0, 0.1) is 0 Å². The summed E-state index contributed by atoms with van der Waals surface area (Å²) in [6.07, 6.45) is 7.75. The lowest BCUT2D eigenvalue weighted by Crippen LogP contribution is -2.39. The Balaban J connectivity index is 2.07. The van der Waals surface area contributed by atoms with Crippen LogP contribution in [0.1, 0.15) is 39.0 Å². The Morgan fingerprint density at radius 1 is 1.39 bits per heavy atom. The van der Waals surface area contributed by atoms with Gasteiger partial charge in [-0.25, -0.2) is 4.98 Å². The standard InChI is InChI=1S/C14H23N3O/c1-2-18-13-9-6-10-16-14(13)17-12-8-5-3-4-7-11(12)15/h6,9-12H,2-5,7-8,15H2,1H3,(H,16,17). The average Bonchev–Trinajstić information content (AvgIpc) is 2.58. The summed E-state index contributed by atoms with van der Waals surface area (Å²) in [5.74, 6) is 1.64. The monoisotopic (exact) mass is 249 g/mol. The number of ether oxygens (including phenoxy) is 1. The van der Waals surface area contributed by atoms with Crippen LogP contribution in [0.5, 0.6) is 5.75 Å². The number of hydrogen-bond donors (Lipinski definition) is 2. The van der Waals surface area contributed by atoms with E-state index in [4.69, 9.17) is 10.5 Å². The van der Waals surface area contributed by atoms with Gasteiger partial charge in [-0.05, 0) is 31.9 Å². The molecule has 1 fully saturated rings. The zero-order valence-electron chi connectivity index (χ0n) is 11.1. The lowest BCUT2D eigenvalue weighted by molar-refractivity contribution is 0.340. The second kappa shape index (κ2) is 6.59. The van der Waals surface area contributed by atoms with Crippen molar-refractivity contribution in [2.75, 3.05) is 11.9 Å². The van der Waals surface area contributed by atoms with E-state index in [9.17, 15) is 0 Å². The van der Waals surface area contributed by atoms with Gasteiger partial charge in [0.05, 0.1) is 6.61 Å². The topological polar surface area (TPSA) is 60.2 Å². The minimum Gasteiger partial charge on any atom is -0.490 e. The predicted octanol–water partition coefficient (Wildman–Crippen LogP) is 2.55. The first-order valence-corrected chi connectivity index (χ1v) is 6.91. The summed E-state index contributed by atoms with van der Waals surface area (Å²) < 4.78 is 5.58. The summed E-state index contributed by atoms with van der Waals surface area (Å²) in [6, 6.07) is 4.36. The molecule has 1 saturated carbocycles. The van der Waals surface area contributed by atoms with Crippen LogP contribution >= 0.6 is 0 Å². The molecule has 1 aliphatic carbocycles. The summed E-state index contributed by atoms with van der Waals surface area (Å²) in [5.41, 5.74) is 6.22. The zero-order valence-corrected chi connectivity index (χ0v) is 11.1. The lowest BCUT2D eigenvalue weighted by atomic mass is 10.0. The van der Waals surface area contributed by atoms with E-state index in [0.29, 0.717) is 12.6 Å². The van der Waals surface area contributed by atoms with Crippen LogP contribution in [-0.4, -0.2) is 23.7 Å². The highest BCUT2D eigenvalue weighted by molar-refractivity contribution is 5.50. The molecule has 4 heteroatoms. The van der Waals surface area contributed by atoms with Gasteiger partial charge in [0.1, 0.15) is 0 Å². The predicted molar refractivity (Wildman–Crippen MR) is 73.9 cm³/mol. The third kappa shape index (κ3) is 3.35. The Hall–Kier alpha value is -1.29. The van der Waals surface area contributed by atoms with Crippen molar-refractivity contribution in [3.8, 4) is 5.75 Å². The Labute approximate surface area is 109 Å². The van der Waals surface area contributed by atoms with Crippen LogP contribution in [0.3, 0.4) is 0 Å². The van der Waals surface area contributed by atoms with Crippen molar-refractivity contribution in [1.82, 2.24) is 4.98 Å². The number of rotatable bonds is 4. The van der Waals surface area contributed by atoms with E-state index in [-0.39, 0.29) is 6.04 Å². The maximum Gasteiger partial charge on any atom is 0.169 e. The Morgan fingerprint density at radius 2 is 2.22 bits per heavy atom. The van der Waals surface area contributed by atoms with Gasteiger partial charge in [-0.1, -0.05) is 19.3 Å². The SMILES string of the molecule is CCOc1cccnc1NC1CCCCCC1N. The molecular formula is C14H23N3O. The van der Waals surface area contributed by atoms with Crippen molar-refractivity contribution in [3.05, 3.63) is 18.3 Å². The molecule has 0 saturated heterocycles. The first kappa shape index (κ1) is 13.1. The van der Waals surface area contributed by atoms with Crippen molar-refractivity contribution < 1.29 is 4.74 Å². The van der Waals surface area contributed by atoms with Gasteiger partial charge in [-0.2, -0.15) is 0 Å². The number of nitrogens with zero attached hydrogens (tertiary/aromatic N) is 1. The van der Waals surface area contributed by atoms with Crippen molar-refractivity contribution >= 4 is 5.82 Å². The molecule has 1 aliphatic rings. The fourth-order valence-corrected chi connectivity index (χ4v) is 2.46. The number of hydrogen-bond acceptors (Lipinski definition) is 4. The number of anilines is 1. The van der Waals surface area contributed by atoms with Gasteiger partial charge >= 0.3 is 0 Å². The summed E-state index contributed by atoms with van der Waals surface area (Å²) in [4.78, 5) is 4.36. The van der Waals surface area contributed by atoms with Crippen LogP contribution in [-0.2, 0) is 0 Å². The molecule has 0 amide bonds. The largest absolute Gasteiger partial charge is 0.490 e. The highest BCUT2D eigenvalue weighted by atomic mass is 16.5. The van der Waals surface area contributed by atoms with Crippen molar-refractivity contribution in [2.45, 2.75) is 51.1 Å². The van der Waals surface area contributed by atoms with Crippen LogP contribution in [0.4, 0.5) is 5.82 Å². The molecule has 2 rings (SSSR count). The van der Waals surface area contributed by atoms with Gasteiger partial charge in [-0.3, -0.25) is 0 Å². The lowest BCUT2D eigenvalue weighted by Gasteiger charge is -2.24. The number of nitrogens with two attached hydrogens (primary N) is 1. The summed E-state index contributed by atoms with van der Waals surface area (Å²) in [6.45, 7) is 2.63. The van der Waals surface area contributed by atoms with E-state index in [1.165, 1.54) is 19.3 Å². The van der Waals surface area contributed by atoms with Crippen LogP contribution in [0.2, 0.25) is 0 Å². The highest BCUT2D eigenvalue weighted by Crippen LogP contribution is 2.25. The Morgan fingerprint density at radius 3 is 3.06 bits per heavy atom. The fourth-order valence-electron chi connectivity index (χ4n) is 2.46. The molecule has 3 N–H and O–H groups in total. The van der Waals surface area contributed by atoms with E-state index in [1.807, 2.05) is 19.1 Å². The van der Waals surface area contributed by atoms with Gasteiger partial charge in [-0.15, -0.1) is 0 Å². The van der Waals surface area contributed by atoms with Crippen LogP contribution in [0.25, 0.3) is 0 Å². The van der Waals surface area contributed by atoms with Gasteiger partial charge in [0.25, 0.3) is 0 Å². The van der Waals surface area contributed by atoms with E-state index in [1.54, 1.807) is 6.20 Å². The first-order chi connectivity index (χ1) is 8.81. The third-order valence-corrected chi connectivity index (χ3v) is 3.46. The maximum atomic E-state index is 6.22. The normalized spacial score (nSPS) is 24.3. The van der Waals surface area contributed by atoms with Crippen LogP contribution < -0.4 is 15.8 Å². The molecule has 1 aromatic rings. The minimum atomic E-state index is 0.212. The van der Waals surface area contributed by atoms with Gasteiger partial charge in [0.15, 0.2) is 11.6 Å². The van der Waals surface area contributed by atoms with Crippen LogP contribution in [0.15, 0.2) is 18.3 Å². The summed E-state index contributed by atoms with van der Waals surface area (Å²) in [7, 11) is 0. The molecular weight excluding hydrogens is 226 g/mol. The molecule has 0 bridgehead atoms. The Kier molecular flexibility index (Phi) is 4.81. The molecule has 0 aromatic carbocycles. The first-order valence-electron chi connectivity index (χ1n) is 6.91. The van der Waals surface area contributed by atoms with Crippen molar-refractivity contribution in [3.63, 3.8) is 0 Å². The second-order valence-corrected chi connectivity index (χ2v) is 4.84. The minimum absolute atomic E-state index is 0.212. The van der Waals surface area contributed by atoms with E-state index >= 15 is 0 Å². The van der Waals surface area contributed by atoms with Gasteiger partial charge in [0, 0.05) is 18.3 Å². The molecule has 1 heterocycles. The summed E-state index contributed by atoms with van der Waals surface area (Å²) in [5, 5.41) is 3.46. The average molecular weight is 249 g/mol. The maximum absolute atomic E-state index is 6.22. The molecule has 4 nitrogen and oxygen atoms in total. The number of aromatic nitrogens is 1. The molecule has 0 spiro atoms. The molecule has 2 atom stereocenters. The van der Waals surface area contributed by atoms with Gasteiger partial charge in [0.2, 0.25) is 0 Å². The van der Waals surface area contributed by atoms with Gasteiger partial charge < -0.3 is 15.8 Å².